The summed E-state index contributed by atoms with van der Waals surface area (Å²) < 4.78 is 70.3. The van der Waals surface area contributed by atoms with Crippen LogP contribution in [-0.2, 0) is 27.3 Å². The highest BCUT2D eigenvalue weighted by Crippen LogP contribution is 2.33. The van der Waals surface area contributed by atoms with Crippen LogP contribution in [0.15, 0.2) is 34.4 Å². The Balaban J connectivity index is 0.000000425. The van der Waals surface area contributed by atoms with E-state index in [0.717, 1.165) is 55.2 Å². The Bertz CT molecular complexity index is 2000. The molecule has 5 heterocycles. The summed E-state index contributed by atoms with van der Waals surface area (Å²) in [6.07, 6.45) is -8.15. The van der Waals surface area contributed by atoms with Crippen molar-refractivity contribution in [1.82, 2.24) is 25.1 Å². The number of carbonyl (C=O) groups excluding carboxylic acids is 1. The van der Waals surface area contributed by atoms with Gasteiger partial charge in [0.2, 0.25) is 0 Å². The zero-order chi connectivity index (χ0) is 41.4. The normalized spacial score (nSPS) is 16.5. The quantitative estimate of drug-likeness (QED) is 0.126. The summed E-state index contributed by atoms with van der Waals surface area (Å²) in [6, 6.07) is 7.48. The number of carboxylic acids is 2. The summed E-state index contributed by atoms with van der Waals surface area (Å²) in [5, 5.41) is 41.0. The number of aliphatic carboxylic acids is 2. The van der Waals surface area contributed by atoms with Gasteiger partial charge in [-0.3, -0.25) is 9.59 Å². The molecule has 2 aliphatic heterocycles. The number of hydrogen-bond acceptors (Lipinski definition) is 13. The number of phenols is 1. The lowest BCUT2D eigenvalue weighted by atomic mass is 9.89. The van der Waals surface area contributed by atoms with Crippen molar-refractivity contribution in [1.29, 1.82) is 0 Å². The number of carboxylic acid groups (broad SMARTS) is 2. The lowest BCUT2D eigenvalue weighted by molar-refractivity contribution is -0.193. The van der Waals surface area contributed by atoms with E-state index in [9.17, 15) is 46.1 Å². The molecular weight excluding hydrogens is 821 g/mol. The molecule has 0 unspecified atom stereocenters. The van der Waals surface area contributed by atoms with Crippen molar-refractivity contribution in [3.05, 3.63) is 65.3 Å². The second-order valence-electron chi connectivity index (χ2n) is 12.6. The molecule has 14 nitrogen and oxygen atoms in total. The standard InChI is InChI=1S/C29H35N5O5S3.2C2HF3O2/c1-18-31-22(16-40-18)27(37)34-12-13-39-29(17-34)7-10-33(11-8-29)9-6-19-2-3-20(41-19)14-30-15-24(36)21-4-5-23(35)25-26(21)42-28(38)32-25;2*3-2(4,5)1(6)7/h2-5,16,24,30,35-36H,6-15,17H2,1H3,(H,32,38);2*(H,6,7)/t24-;;/m0../s1. The molecule has 0 radical (unpaired) electrons. The van der Waals surface area contributed by atoms with Crippen LogP contribution >= 0.6 is 34.0 Å². The van der Waals surface area contributed by atoms with E-state index >= 15 is 0 Å². The molecule has 1 spiro atoms. The summed E-state index contributed by atoms with van der Waals surface area (Å²) in [6.45, 7) is 7.62. The molecule has 2 fully saturated rings. The maximum atomic E-state index is 13.0. The van der Waals surface area contributed by atoms with Gasteiger partial charge < -0.3 is 45.3 Å². The fourth-order valence-electron chi connectivity index (χ4n) is 5.79. The zero-order valence-electron chi connectivity index (χ0n) is 29.4. The fourth-order valence-corrected chi connectivity index (χ4v) is 8.27. The van der Waals surface area contributed by atoms with Gasteiger partial charge in [0.15, 0.2) is 0 Å². The number of aliphatic hydroxyl groups excluding tert-OH is 1. The number of phenolic OH excluding ortho intramolecular Hbond substituents is 1. The summed E-state index contributed by atoms with van der Waals surface area (Å²) in [7, 11) is 0. The van der Waals surface area contributed by atoms with Gasteiger partial charge in [0, 0.05) is 60.0 Å². The average molecular weight is 858 g/mol. The van der Waals surface area contributed by atoms with Crippen LogP contribution in [0, 0.1) is 6.92 Å². The lowest BCUT2D eigenvalue weighted by Crippen LogP contribution is -2.58. The molecule has 6 N–H and O–H groups in total. The third-order valence-electron chi connectivity index (χ3n) is 8.60. The molecule has 23 heteroatoms. The van der Waals surface area contributed by atoms with Crippen LogP contribution in [-0.4, -0.2) is 122 Å². The molecule has 0 aliphatic carbocycles. The number of aromatic hydroxyl groups is 1. The van der Waals surface area contributed by atoms with Gasteiger partial charge in [0.1, 0.15) is 17.0 Å². The molecule has 4 aromatic rings. The second-order valence-corrected chi connectivity index (χ2v) is 15.9. The van der Waals surface area contributed by atoms with E-state index in [4.69, 9.17) is 24.5 Å². The smallest absolute Gasteiger partial charge is 0.490 e. The number of likely N-dealkylation sites (tertiary alicyclic amines) is 1. The van der Waals surface area contributed by atoms with Crippen molar-refractivity contribution in [2.45, 2.75) is 56.8 Å². The van der Waals surface area contributed by atoms with Crippen LogP contribution in [0.1, 0.15) is 49.8 Å². The number of carbonyl (C=O) groups is 3. The monoisotopic (exact) mass is 857 g/mol. The number of piperidine rings is 1. The van der Waals surface area contributed by atoms with Crippen LogP contribution in [0.5, 0.6) is 5.75 Å². The summed E-state index contributed by atoms with van der Waals surface area (Å²) in [4.78, 5) is 56.2. The Hall–Kier alpha value is -4.13. The molecule has 308 valence electrons. The Kier molecular flexibility index (Phi) is 15.0. The van der Waals surface area contributed by atoms with Crippen LogP contribution in [0.3, 0.4) is 0 Å². The molecule has 0 saturated carbocycles. The third-order valence-corrected chi connectivity index (χ3v) is 11.5. The van der Waals surface area contributed by atoms with Crippen molar-refractivity contribution in [3.63, 3.8) is 0 Å². The predicted octanol–water partition coefficient (Wildman–Crippen LogP) is 4.76. The maximum Gasteiger partial charge on any atom is 0.490 e. The van der Waals surface area contributed by atoms with E-state index in [1.54, 1.807) is 17.4 Å². The van der Waals surface area contributed by atoms with E-state index < -0.39 is 30.4 Å². The second kappa shape index (κ2) is 18.9. The molecule has 2 saturated heterocycles. The lowest BCUT2D eigenvalue weighted by Gasteiger charge is -2.47. The molecular formula is C33H37F6N5O9S3. The Morgan fingerprint density at radius 1 is 1.00 bits per heavy atom. The van der Waals surface area contributed by atoms with Gasteiger partial charge in [0.05, 0.1) is 34.6 Å². The first kappa shape index (κ1) is 44.6. The highest BCUT2D eigenvalue weighted by Gasteiger charge is 2.42. The molecule has 1 amide bonds. The van der Waals surface area contributed by atoms with Gasteiger partial charge in [-0.05, 0) is 44.4 Å². The Morgan fingerprint density at radius 3 is 2.21 bits per heavy atom. The number of aryl methyl sites for hydroxylation is 1. The molecule has 1 atom stereocenters. The molecule has 0 bridgehead atoms. The Labute approximate surface area is 326 Å². The SMILES string of the molecule is Cc1nc(C(=O)N2CCOC3(CCN(CCc4ccc(CNC[C@H](O)c5ccc(O)c6[nH]c(=O)sc56)s4)CC3)C2)cs1.O=C(O)C(F)(F)F.O=C(O)C(F)(F)F. The maximum absolute atomic E-state index is 13.0. The number of morpholine rings is 1. The van der Waals surface area contributed by atoms with Gasteiger partial charge in [-0.15, -0.1) is 22.7 Å². The van der Waals surface area contributed by atoms with Crippen LogP contribution in [0.2, 0.25) is 0 Å². The minimum Gasteiger partial charge on any atom is -0.506 e. The van der Waals surface area contributed by atoms with E-state index in [1.807, 2.05) is 17.2 Å². The third kappa shape index (κ3) is 12.4. The molecule has 6 rings (SSSR count). The average Bonchev–Trinajstić information content (AvgIpc) is 3.88. The van der Waals surface area contributed by atoms with E-state index in [2.05, 4.69) is 32.3 Å². The number of benzene rings is 1. The van der Waals surface area contributed by atoms with Gasteiger partial charge in [-0.2, -0.15) is 26.3 Å². The van der Waals surface area contributed by atoms with Crippen LogP contribution < -0.4 is 10.2 Å². The van der Waals surface area contributed by atoms with Crippen LogP contribution in [0.25, 0.3) is 10.2 Å². The van der Waals surface area contributed by atoms with E-state index in [1.165, 1.54) is 27.2 Å². The minimum absolute atomic E-state index is 0.00510. The largest absolute Gasteiger partial charge is 0.506 e. The number of ether oxygens (including phenoxy) is 1. The summed E-state index contributed by atoms with van der Waals surface area (Å²) in [5.41, 5.74) is 1.29. The number of thiazole rings is 2. The Morgan fingerprint density at radius 2 is 1.62 bits per heavy atom. The summed E-state index contributed by atoms with van der Waals surface area (Å²) in [5.74, 6) is -5.50. The first-order chi connectivity index (χ1) is 26.2. The van der Waals surface area contributed by atoms with Crippen LogP contribution in [0.4, 0.5) is 26.3 Å². The van der Waals surface area contributed by atoms with E-state index in [-0.39, 0.29) is 22.1 Å². The number of alkyl halides is 6. The van der Waals surface area contributed by atoms with Gasteiger partial charge >= 0.3 is 29.2 Å². The first-order valence-corrected chi connectivity index (χ1v) is 19.2. The number of hydrogen-bond donors (Lipinski definition) is 6. The number of nitrogens with one attached hydrogen (secondary N) is 2. The number of rotatable bonds is 9. The highest BCUT2D eigenvalue weighted by molar-refractivity contribution is 7.16. The molecule has 1 aromatic carbocycles. The van der Waals surface area contributed by atoms with Gasteiger partial charge in [-0.1, -0.05) is 17.4 Å². The topological polar surface area (TPSA) is 206 Å². The first-order valence-electron chi connectivity index (χ1n) is 16.7. The molecule has 3 aromatic heterocycles. The minimum atomic E-state index is -5.08. The van der Waals surface area contributed by atoms with Crippen molar-refractivity contribution in [2.24, 2.45) is 0 Å². The summed E-state index contributed by atoms with van der Waals surface area (Å²) >= 11 is 4.28. The van der Waals surface area contributed by atoms with Crippen molar-refractivity contribution >= 4 is 62.1 Å². The number of nitrogens with zero attached hydrogens (tertiary/aromatic N) is 3. The number of fused-ring (bicyclic) bond motifs is 1. The van der Waals surface area contributed by atoms with Crippen molar-refractivity contribution in [3.8, 4) is 5.75 Å². The number of aromatic amines is 1. The fraction of sp³-hybridized carbons (Fsp3) is 0.485. The number of aromatic nitrogens is 2. The molecule has 56 heavy (non-hydrogen) atoms. The number of amides is 1. The number of H-pyrrole nitrogens is 1. The van der Waals surface area contributed by atoms with Gasteiger partial charge in [0.25, 0.3) is 5.91 Å². The molecule has 2 aliphatic rings. The number of thiophene rings is 1. The van der Waals surface area contributed by atoms with E-state index in [0.29, 0.717) is 54.3 Å². The number of aliphatic hydroxyl groups is 1. The van der Waals surface area contributed by atoms with Crippen molar-refractivity contribution < 1.29 is 65.9 Å². The zero-order valence-corrected chi connectivity index (χ0v) is 31.9. The number of halogens is 6. The predicted molar refractivity (Wildman–Crippen MR) is 193 cm³/mol. The van der Waals surface area contributed by atoms with Crippen molar-refractivity contribution in [2.75, 3.05) is 45.9 Å². The highest BCUT2D eigenvalue weighted by atomic mass is 32.1. The van der Waals surface area contributed by atoms with Gasteiger partial charge in [-0.25, -0.2) is 14.6 Å².